The van der Waals surface area contributed by atoms with Gasteiger partial charge >= 0.3 is 5.69 Å². The SMILES string of the molecule is Cc1nc(NCC2(C)CC2)cc2n[nH]c(=O)n12. The van der Waals surface area contributed by atoms with E-state index in [0.29, 0.717) is 16.9 Å². The van der Waals surface area contributed by atoms with Gasteiger partial charge in [-0.25, -0.2) is 19.3 Å². The maximum absolute atomic E-state index is 11.4. The number of fused-ring (bicyclic) bond motifs is 1. The summed E-state index contributed by atoms with van der Waals surface area (Å²) in [5.41, 5.74) is 0.782. The van der Waals surface area contributed by atoms with Crippen molar-refractivity contribution in [1.29, 1.82) is 0 Å². The second-order valence-corrected chi connectivity index (χ2v) is 5.08. The van der Waals surface area contributed by atoms with Crippen LogP contribution in [-0.4, -0.2) is 26.1 Å². The highest BCUT2D eigenvalue weighted by Gasteiger charge is 2.36. The predicted octanol–water partition coefficient (Wildman–Crippen LogP) is 0.938. The number of aromatic amines is 1. The lowest BCUT2D eigenvalue weighted by molar-refractivity contribution is 0.609. The Bertz CT molecular complexity index is 622. The minimum atomic E-state index is -0.245. The highest BCUT2D eigenvalue weighted by atomic mass is 16.1. The van der Waals surface area contributed by atoms with Crippen molar-refractivity contribution < 1.29 is 0 Å². The van der Waals surface area contributed by atoms with E-state index in [1.54, 1.807) is 13.0 Å². The van der Waals surface area contributed by atoms with Crippen molar-refractivity contribution in [2.75, 3.05) is 11.9 Å². The van der Waals surface area contributed by atoms with Gasteiger partial charge < -0.3 is 5.32 Å². The normalized spacial score (nSPS) is 17.3. The number of H-pyrrole nitrogens is 1. The lowest BCUT2D eigenvalue weighted by Crippen LogP contribution is -2.16. The van der Waals surface area contributed by atoms with Crippen LogP contribution in [0.5, 0.6) is 0 Å². The Kier molecular flexibility index (Phi) is 2.01. The molecular weight excluding hydrogens is 218 g/mol. The maximum Gasteiger partial charge on any atom is 0.349 e. The number of rotatable bonds is 3. The zero-order chi connectivity index (χ0) is 12.0. The number of aryl methyl sites for hydroxylation is 1. The molecule has 3 rings (SSSR count). The average molecular weight is 233 g/mol. The zero-order valence-corrected chi connectivity index (χ0v) is 9.95. The minimum Gasteiger partial charge on any atom is -0.369 e. The Labute approximate surface area is 98.1 Å². The summed E-state index contributed by atoms with van der Waals surface area (Å²) in [7, 11) is 0. The Morgan fingerprint density at radius 2 is 2.35 bits per heavy atom. The molecule has 0 atom stereocenters. The lowest BCUT2D eigenvalue weighted by Gasteiger charge is -2.11. The summed E-state index contributed by atoms with van der Waals surface area (Å²) >= 11 is 0. The van der Waals surface area contributed by atoms with E-state index < -0.39 is 0 Å². The quantitative estimate of drug-likeness (QED) is 0.827. The monoisotopic (exact) mass is 233 g/mol. The molecule has 0 saturated heterocycles. The summed E-state index contributed by atoms with van der Waals surface area (Å²) in [6.07, 6.45) is 2.53. The molecule has 1 aliphatic rings. The van der Waals surface area contributed by atoms with Gasteiger partial charge in [0.1, 0.15) is 11.6 Å². The molecular formula is C11H15N5O. The molecule has 0 spiro atoms. The predicted molar refractivity (Wildman–Crippen MR) is 64.2 cm³/mol. The molecule has 6 nitrogen and oxygen atoms in total. The molecule has 0 radical (unpaired) electrons. The first-order chi connectivity index (χ1) is 8.07. The molecule has 2 heterocycles. The topological polar surface area (TPSA) is 75.1 Å². The van der Waals surface area contributed by atoms with Gasteiger partial charge in [-0.3, -0.25) is 0 Å². The molecule has 90 valence electrons. The molecule has 0 aromatic carbocycles. The van der Waals surface area contributed by atoms with E-state index in [2.05, 4.69) is 27.4 Å². The molecule has 1 aliphatic carbocycles. The van der Waals surface area contributed by atoms with E-state index in [4.69, 9.17) is 0 Å². The van der Waals surface area contributed by atoms with E-state index in [9.17, 15) is 4.79 Å². The van der Waals surface area contributed by atoms with Crippen LogP contribution in [0.2, 0.25) is 0 Å². The van der Waals surface area contributed by atoms with Crippen molar-refractivity contribution in [2.45, 2.75) is 26.7 Å². The third-order valence-electron chi connectivity index (χ3n) is 3.37. The van der Waals surface area contributed by atoms with Crippen molar-refractivity contribution in [3.63, 3.8) is 0 Å². The van der Waals surface area contributed by atoms with Gasteiger partial charge in [0.15, 0.2) is 5.65 Å². The van der Waals surface area contributed by atoms with Gasteiger partial charge in [0.2, 0.25) is 0 Å². The lowest BCUT2D eigenvalue weighted by atomic mass is 10.1. The minimum absolute atomic E-state index is 0.245. The molecule has 0 unspecified atom stereocenters. The van der Waals surface area contributed by atoms with Crippen LogP contribution in [0.3, 0.4) is 0 Å². The van der Waals surface area contributed by atoms with Gasteiger partial charge in [-0.15, -0.1) is 0 Å². The first-order valence-corrected chi connectivity index (χ1v) is 5.76. The molecule has 6 heteroatoms. The number of nitrogens with zero attached hydrogens (tertiary/aromatic N) is 3. The summed E-state index contributed by atoms with van der Waals surface area (Å²) < 4.78 is 1.46. The van der Waals surface area contributed by atoms with E-state index in [-0.39, 0.29) is 5.69 Å². The molecule has 0 bridgehead atoms. The van der Waals surface area contributed by atoms with E-state index in [1.165, 1.54) is 17.2 Å². The summed E-state index contributed by atoms with van der Waals surface area (Å²) in [6.45, 7) is 4.97. The summed E-state index contributed by atoms with van der Waals surface area (Å²) in [5.74, 6) is 1.42. The third kappa shape index (κ3) is 1.79. The maximum atomic E-state index is 11.4. The van der Waals surface area contributed by atoms with Gasteiger partial charge in [-0.2, -0.15) is 5.10 Å². The van der Waals surface area contributed by atoms with Crippen LogP contribution < -0.4 is 11.0 Å². The number of hydrogen-bond donors (Lipinski definition) is 2. The van der Waals surface area contributed by atoms with Crippen LogP contribution in [0.4, 0.5) is 5.82 Å². The van der Waals surface area contributed by atoms with Gasteiger partial charge in [-0.05, 0) is 25.2 Å². The van der Waals surface area contributed by atoms with Gasteiger partial charge in [0.05, 0.1) is 0 Å². The summed E-state index contributed by atoms with van der Waals surface area (Å²) in [4.78, 5) is 15.8. The van der Waals surface area contributed by atoms with Crippen LogP contribution in [-0.2, 0) is 0 Å². The second-order valence-electron chi connectivity index (χ2n) is 5.08. The molecule has 17 heavy (non-hydrogen) atoms. The molecule has 2 N–H and O–H groups in total. The van der Waals surface area contributed by atoms with Gasteiger partial charge in [0, 0.05) is 12.6 Å². The van der Waals surface area contributed by atoms with Crippen molar-refractivity contribution in [1.82, 2.24) is 19.6 Å². The molecule has 2 aromatic heterocycles. The van der Waals surface area contributed by atoms with Crippen LogP contribution in [0.25, 0.3) is 5.65 Å². The summed E-state index contributed by atoms with van der Waals surface area (Å²) in [5, 5.41) is 9.67. The van der Waals surface area contributed by atoms with E-state index in [0.717, 1.165) is 12.4 Å². The average Bonchev–Trinajstić information content (AvgIpc) is 2.90. The molecule has 2 aromatic rings. The Hall–Kier alpha value is -1.85. The van der Waals surface area contributed by atoms with Crippen LogP contribution in [0, 0.1) is 12.3 Å². The first kappa shape index (κ1) is 10.3. The van der Waals surface area contributed by atoms with Crippen molar-refractivity contribution in [3.05, 3.63) is 22.4 Å². The molecule has 1 saturated carbocycles. The Morgan fingerprint density at radius 1 is 1.59 bits per heavy atom. The van der Waals surface area contributed by atoms with Gasteiger partial charge in [0.25, 0.3) is 0 Å². The van der Waals surface area contributed by atoms with E-state index >= 15 is 0 Å². The smallest absolute Gasteiger partial charge is 0.349 e. The van der Waals surface area contributed by atoms with Crippen LogP contribution in [0.1, 0.15) is 25.6 Å². The van der Waals surface area contributed by atoms with Crippen molar-refractivity contribution >= 4 is 11.5 Å². The van der Waals surface area contributed by atoms with Crippen molar-refractivity contribution in [2.24, 2.45) is 5.41 Å². The van der Waals surface area contributed by atoms with Gasteiger partial charge in [-0.1, -0.05) is 6.92 Å². The Balaban J connectivity index is 1.92. The first-order valence-electron chi connectivity index (χ1n) is 5.76. The van der Waals surface area contributed by atoms with E-state index in [1.807, 2.05) is 0 Å². The largest absolute Gasteiger partial charge is 0.369 e. The van der Waals surface area contributed by atoms with Crippen molar-refractivity contribution in [3.8, 4) is 0 Å². The summed E-state index contributed by atoms with van der Waals surface area (Å²) in [6, 6.07) is 1.79. The number of hydrogen-bond acceptors (Lipinski definition) is 4. The highest BCUT2D eigenvalue weighted by Crippen LogP contribution is 2.44. The van der Waals surface area contributed by atoms with Crippen LogP contribution in [0.15, 0.2) is 10.9 Å². The number of aromatic nitrogens is 4. The molecule has 0 amide bonds. The fourth-order valence-electron chi connectivity index (χ4n) is 1.88. The fourth-order valence-corrected chi connectivity index (χ4v) is 1.88. The number of nitrogens with one attached hydrogen (secondary N) is 2. The zero-order valence-electron chi connectivity index (χ0n) is 9.95. The number of anilines is 1. The molecule has 1 fully saturated rings. The van der Waals surface area contributed by atoms with Crippen LogP contribution >= 0.6 is 0 Å². The third-order valence-corrected chi connectivity index (χ3v) is 3.37. The Morgan fingerprint density at radius 3 is 3.06 bits per heavy atom. The highest BCUT2D eigenvalue weighted by molar-refractivity contribution is 5.49. The fraction of sp³-hybridized carbons (Fsp3) is 0.545. The molecule has 0 aliphatic heterocycles. The standard InChI is InChI=1S/C11H15N5O/c1-7-13-8(12-6-11(2)3-4-11)5-9-14-15-10(17)16(7)9/h5,12H,3-4,6H2,1-2H3,(H,15,17). The second kappa shape index (κ2) is 3.32.